The molecule has 0 radical (unpaired) electrons. The summed E-state index contributed by atoms with van der Waals surface area (Å²) in [6.07, 6.45) is 3.53. The molecule has 0 amide bonds. The Kier molecular flexibility index (Phi) is 7.23. The van der Waals surface area contributed by atoms with Gasteiger partial charge in [0.25, 0.3) is 0 Å². The van der Waals surface area contributed by atoms with Crippen LogP contribution in [0.3, 0.4) is 0 Å². The van der Waals surface area contributed by atoms with Crippen LogP contribution in [-0.4, -0.2) is 38.9 Å². The fourth-order valence-electron chi connectivity index (χ4n) is 3.81. The molecule has 7 heteroatoms. The van der Waals surface area contributed by atoms with Crippen molar-refractivity contribution in [1.82, 2.24) is 10.6 Å². The first-order chi connectivity index (χ1) is 13.4. The molecule has 0 saturated heterocycles. The second-order valence-electron chi connectivity index (χ2n) is 6.72. The fourth-order valence-corrected chi connectivity index (χ4v) is 6.23. The van der Waals surface area contributed by atoms with Crippen molar-refractivity contribution in [3.63, 3.8) is 0 Å². The summed E-state index contributed by atoms with van der Waals surface area (Å²) >= 11 is 4.73. The molecular weight excluding hydrogens is 582 g/mol. The average Bonchev–Trinajstić information content (AvgIpc) is 2.95. The molecular formula is C21H26I2N2O3. The lowest BCUT2D eigenvalue weighted by atomic mass is 9.78. The van der Waals surface area contributed by atoms with E-state index in [2.05, 4.69) is 69.7 Å². The van der Waals surface area contributed by atoms with Crippen LogP contribution < -0.4 is 10.6 Å². The van der Waals surface area contributed by atoms with Gasteiger partial charge in [0, 0.05) is 17.7 Å². The highest BCUT2D eigenvalue weighted by Gasteiger charge is 2.58. The summed E-state index contributed by atoms with van der Waals surface area (Å²) in [6.45, 7) is 8.07. The Morgan fingerprint density at radius 2 is 1.82 bits per heavy atom. The van der Waals surface area contributed by atoms with Gasteiger partial charge in [-0.1, -0.05) is 66.8 Å². The van der Waals surface area contributed by atoms with Gasteiger partial charge in [0.2, 0.25) is 6.29 Å². The van der Waals surface area contributed by atoms with Crippen molar-refractivity contribution in [2.75, 3.05) is 19.7 Å². The SMILES string of the molecule is CCNC1(I)C=CC2=C(C1C(=O)c1ccccc1)C(I)(NCC)C(OCC)O2. The summed E-state index contributed by atoms with van der Waals surface area (Å²) in [7, 11) is 0. The number of ether oxygens (including phenoxy) is 2. The first-order valence-corrected chi connectivity index (χ1v) is 11.8. The molecule has 1 heterocycles. The van der Waals surface area contributed by atoms with Crippen molar-refractivity contribution in [2.45, 2.75) is 34.2 Å². The Labute approximate surface area is 194 Å². The van der Waals surface area contributed by atoms with Gasteiger partial charge < -0.3 is 9.47 Å². The van der Waals surface area contributed by atoms with Crippen molar-refractivity contribution in [1.29, 1.82) is 0 Å². The Morgan fingerprint density at radius 1 is 1.14 bits per heavy atom. The highest BCUT2D eigenvalue weighted by Crippen LogP contribution is 2.52. The summed E-state index contributed by atoms with van der Waals surface area (Å²) in [5, 5.41) is 7.05. The zero-order valence-corrected chi connectivity index (χ0v) is 20.6. The van der Waals surface area contributed by atoms with E-state index < -0.39 is 19.3 Å². The molecule has 0 spiro atoms. The maximum Gasteiger partial charge on any atom is 0.231 e. The number of Topliss-reactive ketones (excluding diaryl/α,β-unsaturated/α-hetero) is 1. The Morgan fingerprint density at radius 3 is 2.43 bits per heavy atom. The van der Waals surface area contributed by atoms with Crippen LogP contribution >= 0.6 is 45.2 Å². The normalized spacial score (nSPS) is 31.6. The number of alkyl halides is 2. The van der Waals surface area contributed by atoms with Gasteiger partial charge in [-0.15, -0.1) is 0 Å². The molecule has 3 rings (SSSR count). The summed E-state index contributed by atoms with van der Waals surface area (Å²) in [5.74, 6) is 0.387. The molecule has 1 aromatic carbocycles. The predicted molar refractivity (Wildman–Crippen MR) is 128 cm³/mol. The molecule has 152 valence electrons. The number of halogens is 2. The van der Waals surface area contributed by atoms with Crippen LogP contribution in [0.2, 0.25) is 0 Å². The number of allylic oxidation sites excluding steroid dienone is 1. The van der Waals surface area contributed by atoms with Gasteiger partial charge in [0.05, 0.1) is 5.92 Å². The molecule has 0 saturated carbocycles. The number of ketones is 1. The lowest BCUT2D eigenvalue weighted by molar-refractivity contribution is -0.110. The highest BCUT2D eigenvalue weighted by molar-refractivity contribution is 14.1. The zero-order valence-electron chi connectivity index (χ0n) is 16.3. The average molecular weight is 608 g/mol. The largest absolute Gasteiger partial charge is 0.462 e. The Balaban J connectivity index is 2.13. The Hall–Kier alpha value is -0.490. The third-order valence-corrected chi connectivity index (χ3v) is 7.76. The Bertz CT molecular complexity index is 783. The van der Waals surface area contributed by atoms with Gasteiger partial charge in [-0.05, 0) is 54.8 Å². The van der Waals surface area contributed by atoms with E-state index in [1.54, 1.807) is 0 Å². The lowest BCUT2D eigenvalue weighted by Crippen LogP contribution is -2.57. The van der Waals surface area contributed by atoms with Gasteiger partial charge in [-0.3, -0.25) is 15.4 Å². The number of hydrogen-bond acceptors (Lipinski definition) is 5. The van der Waals surface area contributed by atoms with Gasteiger partial charge in [-0.2, -0.15) is 0 Å². The number of benzene rings is 1. The smallest absolute Gasteiger partial charge is 0.231 e. The standard InChI is InChI=1S/C21H26I2N2O3/c1-4-24-20(22)13-12-15-16(17(20)18(26)14-10-8-7-9-11-14)21(23,25-5-2)19(28-15)27-6-3/h7-13,17,19,24-25H,4-6H2,1-3H3. The molecule has 0 bridgehead atoms. The van der Waals surface area contributed by atoms with E-state index in [9.17, 15) is 4.79 Å². The van der Waals surface area contributed by atoms with Gasteiger partial charge >= 0.3 is 0 Å². The fraction of sp³-hybridized carbons (Fsp3) is 0.476. The first kappa shape index (κ1) is 22.2. The van der Waals surface area contributed by atoms with Crippen LogP contribution in [0.4, 0.5) is 0 Å². The zero-order chi connectivity index (χ0) is 20.4. The molecule has 28 heavy (non-hydrogen) atoms. The number of rotatable bonds is 8. The van der Waals surface area contributed by atoms with Gasteiger partial charge in [0.15, 0.2) is 9.33 Å². The maximum atomic E-state index is 13.7. The molecule has 2 N–H and O–H groups in total. The van der Waals surface area contributed by atoms with Crippen LogP contribution in [0, 0.1) is 5.92 Å². The van der Waals surface area contributed by atoms with E-state index in [-0.39, 0.29) is 5.78 Å². The number of nitrogens with one attached hydrogen (secondary N) is 2. The lowest BCUT2D eigenvalue weighted by Gasteiger charge is -2.41. The van der Waals surface area contributed by atoms with Crippen LogP contribution in [0.15, 0.2) is 53.8 Å². The van der Waals surface area contributed by atoms with Crippen molar-refractivity contribution in [3.8, 4) is 0 Å². The van der Waals surface area contributed by atoms with E-state index in [0.29, 0.717) is 12.2 Å². The topological polar surface area (TPSA) is 59.6 Å². The van der Waals surface area contributed by atoms with Gasteiger partial charge in [0.1, 0.15) is 9.30 Å². The van der Waals surface area contributed by atoms with E-state index in [0.717, 1.165) is 24.4 Å². The summed E-state index contributed by atoms with van der Waals surface area (Å²) in [5.41, 5.74) is 1.64. The molecule has 2 aliphatic rings. The summed E-state index contributed by atoms with van der Waals surface area (Å²) < 4.78 is 10.9. The quantitative estimate of drug-likeness (QED) is 0.201. The van der Waals surface area contributed by atoms with E-state index in [1.165, 1.54) is 0 Å². The van der Waals surface area contributed by atoms with E-state index in [1.807, 2.05) is 49.4 Å². The molecule has 1 aliphatic carbocycles. The highest BCUT2D eigenvalue weighted by atomic mass is 127. The van der Waals surface area contributed by atoms with Crippen molar-refractivity contribution in [3.05, 3.63) is 59.4 Å². The minimum absolute atomic E-state index is 0.0764. The van der Waals surface area contributed by atoms with E-state index >= 15 is 0 Å². The van der Waals surface area contributed by atoms with Crippen LogP contribution in [-0.2, 0) is 9.47 Å². The molecule has 1 aromatic rings. The molecule has 4 unspecified atom stereocenters. The van der Waals surface area contributed by atoms with Crippen molar-refractivity contribution >= 4 is 51.0 Å². The number of carbonyl (C=O) groups excluding carboxylic acids is 1. The predicted octanol–water partition coefficient (Wildman–Crippen LogP) is 4.18. The van der Waals surface area contributed by atoms with Crippen LogP contribution in [0.25, 0.3) is 0 Å². The molecule has 1 aliphatic heterocycles. The summed E-state index contributed by atoms with van der Waals surface area (Å²) in [6, 6.07) is 9.48. The molecule has 0 aromatic heterocycles. The molecule has 5 nitrogen and oxygen atoms in total. The third-order valence-electron chi connectivity index (χ3n) is 4.92. The maximum absolute atomic E-state index is 13.7. The molecule has 0 fully saturated rings. The molecule has 4 atom stereocenters. The summed E-state index contributed by atoms with van der Waals surface area (Å²) in [4.78, 5) is 13.7. The number of carbonyl (C=O) groups is 1. The number of likely N-dealkylation sites (N-methyl/N-ethyl adjacent to an activating group) is 2. The van der Waals surface area contributed by atoms with Crippen LogP contribution in [0.5, 0.6) is 0 Å². The van der Waals surface area contributed by atoms with Crippen LogP contribution in [0.1, 0.15) is 31.1 Å². The van der Waals surface area contributed by atoms with Gasteiger partial charge in [-0.25, -0.2) is 0 Å². The number of hydrogen-bond donors (Lipinski definition) is 2. The minimum Gasteiger partial charge on any atom is -0.462 e. The monoisotopic (exact) mass is 608 g/mol. The third kappa shape index (κ3) is 3.92. The second kappa shape index (κ2) is 9.11. The van der Waals surface area contributed by atoms with Crippen molar-refractivity contribution < 1.29 is 14.3 Å². The minimum atomic E-state index is -0.621. The second-order valence-corrected chi connectivity index (χ2v) is 10.2. The van der Waals surface area contributed by atoms with Crippen molar-refractivity contribution in [2.24, 2.45) is 5.92 Å². The first-order valence-electron chi connectivity index (χ1n) is 9.60. The van der Waals surface area contributed by atoms with E-state index in [4.69, 9.17) is 9.47 Å².